The minimum absolute atomic E-state index is 0.109. The summed E-state index contributed by atoms with van der Waals surface area (Å²) in [6.07, 6.45) is 0. The molecule has 0 spiro atoms. The van der Waals surface area contributed by atoms with Crippen LogP contribution in [0, 0.1) is 12.7 Å². The molecule has 0 unspecified atom stereocenters. The van der Waals surface area contributed by atoms with Crippen molar-refractivity contribution >= 4 is 9.84 Å². The van der Waals surface area contributed by atoms with Crippen molar-refractivity contribution in [3.05, 3.63) is 29.6 Å². The van der Waals surface area contributed by atoms with Crippen molar-refractivity contribution < 1.29 is 26.0 Å². The first-order valence-corrected chi connectivity index (χ1v) is 5.21. The van der Waals surface area contributed by atoms with Gasteiger partial charge >= 0.3 is 5.51 Å². The van der Waals surface area contributed by atoms with Gasteiger partial charge < -0.3 is 0 Å². The van der Waals surface area contributed by atoms with Gasteiger partial charge in [-0.2, -0.15) is 13.2 Å². The van der Waals surface area contributed by atoms with Crippen molar-refractivity contribution in [1.82, 2.24) is 0 Å². The van der Waals surface area contributed by atoms with E-state index in [1.165, 1.54) is 6.92 Å². The Labute approximate surface area is 83.4 Å². The van der Waals surface area contributed by atoms with E-state index in [0.29, 0.717) is 6.07 Å². The lowest BCUT2D eigenvalue weighted by atomic mass is 10.2. The third-order valence-corrected chi connectivity index (χ3v) is 3.10. The van der Waals surface area contributed by atoms with Crippen LogP contribution in [0.1, 0.15) is 5.56 Å². The van der Waals surface area contributed by atoms with Gasteiger partial charge in [-0.15, -0.1) is 0 Å². The van der Waals surface area contributed by atoms with E-state index in [9.17, 15) is 26.0 Å². The summed E-state index contributed by atoms with van der Waals surface area (Å²) in [6.45, 7) is 1.30. The van der Waals surface area contributed by atoms with Gasteiger partial charge in [0.25, 0.3) is 9.84 Å². The Morgan fingerprint density at radius 3 is 2.07 bits per heavy atom. The molecule has 0 saturated heterocycles. The SMILES string of the molecule is Cc1cc(F)cc(S(=O)(=O)C(F)(F)F)c1. The molecule has 0 N–H and O–H groups in total. The second kappa shape index (κ2) is 3.48. The van der Waals surface area contributed by atoms with Crippen LogP contribution >= 0.6 is 0 Å². The lowest BCUT2D eigenvalue weighted by Crippen LogP contribution is -2.23. The summed E-state index contributed by atoms with van der Waals surface area (Å²) < 4.78 is 70.7. The highest BCUT2D eigenvalue weighted by Gasteiger charge is 2.47. The molecule has 0 aliphatic carbocycles. The van der Waals surface area contributed by atoms with Crippen molar-refractivity contribution in [3.63, 3.8) is 0 Å². The average Bonchev–Trinajstić information content (AvgIpc) is 1.99. The first-order chi connectivity index (χ1) is 6.64. The number of aryl methyl sites for hydroxylation is 1. The van der Waals surface area contributed by atoms with Crippen molar-refractivity contribution in [1.29, 1.82) is 0 Å². The maximum Gasteiger partial charge on any atom is 0.501 e. The molecule has 0 saturated carbocycles. The average molecular weight is 242 g/mol. The van der Waals surface area contributed by atoms with E-state index >= 15 is 0 Å². The molecule has 84 valence electrons. The highest BCUT2D eigenvalue weighted by Crippen LogP contribution is 2.30. The van der Waals surface area contributed by atoms with Crippen LogP contribution in [0.15, 0.2) is 23.1 Å². The van der Waals surface area contributed by atoms with Crippen LogP contribution in [-0.2, 0) is 9.84 Å². The van der Waals surface area contributed by atoms with E-state index in [1.54, 1.807) is 0 Å². The summed E-state index contributed by atoms with van der Waals surface area (Å²) in [4.78, 5) is -1.08. The number of hydrogen-bond acceptors (Lipinski definition) is 2. The highest BCUT2D eigenvalue weighted by atomic mass is 32.2. The Bertz CT molecular complexity index is 456. The standard InChI is InChI=1S/C8H6F4O2S/c1-5-2-6(9)4-7(3-5)15(13,14)8(10,11)12/h2-4H,1H3. The van der Waals surface area contributed by atoms with E-state index in [1.807, 2.05) is 0 Å². The second-order valence-electron chi connectivity index (χ2n) is 2.91. The Balaban J connectivity index is 3.41. The summed E-state index contributed by atoms with van der Waals surface area (Å²) in [6, 6.07) is 2.05. The molecule has 0 atom stereocenters. The van der Waals surface area contributed by atoms with Crippen LogP contribution in [0.2, 0.25) is 0 Å². The van der Waals surface area contributed by atoms with Crippen LogP contribution in [0.5, 0.6) is 0 Å². The third kappa shape index (κ3) is 2.28. The Morgan fingerprint density at radius 1 is 1.13 bits per heavy atom. The maximum absolute atomic E-state index is 12.7. The first-order valence-electron chi connectivity index (χ1n) is 3.73. The fourth-order valence-corrected chi connectivity index (χ4v) is 1.87. The predicted octanol–water partition coefficient (Wildman–Crippen LogP) is 2.43. The van der Waals surface area contributed by atoms with Crippen LogP contribution in [0.4, 0.5) is 17.6 Å². The molecule has 15 heavy (non-hydrogen) atoms. The fourth-order valence-electron chi connectivity index (χ4n) is 0.992. The van der Waals surface area contributed by atoms with Crippen molar-refractivity contribution in [2.75, 3.05) is 0 Å². The van der Waals surface area contributed by atoms with Gasteiger partial charge in [0.1, 0.15) is 5.82 Å². The molecular formula is C8H6F4O2S. The number of benzene rings is 1. The Morgan fingerprint density at radius 2 is 1.67 bits per heavy atom. The topological polar surface area (TPSA) is 34.1 Å². The molecule has 0 fully saturated rings. The Kier molecular flexibility index (Phi) is 2.77. The van der Waals surface area contributed by atoms with E-state index in [2.05, 4.69) is 0 Å². The normalized spacial score (nSPS) is 12.9. The van der Waals surface area contributed by atoms with Crippen LogP contribution in [-0.4, -0.2) is 13.9 Å². The molecule has 0 aromatic heterocycles. The summed E-state index contributed by atoms with van der Waals surface area (Å²) in [5, 5.41) is 0. The minimum atomic E-state index is -5.46. The van der Waals surface area contributed by atoms with E-state index in [-0.39, 0.29) is 5.56 Å². The monoisotopic (exact) mass is 242 g/mol. The number of alkyl halides is 3. The number of halogens is 4. The molecule has 0 heterocycles. The van der Waals surface area contributed by atoms with Gasteiger partial charge in [0.15, 0.2) is 0 Å². The van der Waals surface area contributed by atoms with Gasteiger partial charge in [-0.1, -0.05) is 0 Å². The van der Waals surface area contributed by atoms with Crippen molar-refractivity contribution in [2.24, 2.45) is 0 Å². The van der Waals surface area contributed by atoms with E-state index < -0.39 is 26.1 Å². The van der Waals surface area contributed by atoms with E-state index in [0.717, 1.165) is 12.1 Å². The number of rotatable bonds is 1. The third-order valence-electron chi connectivity index (χ3n) is 1.63. The highest BCUT2D eigenvalue weighted by molar-refractivity contribution is 7.92. The molecule has 1 aromatic rings. The zero-order valence-electron chi connectivity index (χ0n) is 7.47. The molecule has 7 heteroatoms. The molecule has 0 amide bonds. The molecule has 1 aromatic carbocycles. The van der Waals surface area contributed by atoms with Gasteiger partial charge in [0.05, 0.1) is 4.90 Å². The van der Waals surface area contributed by atoms with Gasteiger partial charge in [0, 0.05) is 0 Å². The zero-order chi connectivity index (χ0) is 11.9. The summed E-state index contributed by atoms with van der Waals surface area (Å²) in [7, 11) is -5.46. The summed E-state index contributed by atoms with van der Waals surface area (Å²) in [5.74, 6) is -1.02. The molecular weight excluding hydrogens is 236 g/mol. The second-order valence-corrected chi connectivity index (χ2v) is 4.85. The lowest BCUT2D eigenvalue weighted by molar-refractivity contribution is -0.0436. The minimum Gasteiger partial charge on any atom is -0.214 e. The number of hydrogen-bond donors (Lipinski definition) is 0. The molecule has 0 aliphatic heterocycles. The summed E-state index contributed by atoms with van der Waals surface area (Å²) >= 11 is 0. The van der Waals surface area contributed by atoms with Crippen molar-refractivity contribution in [3.8, 4) is 0 Å². The molecule has 0 bridgehead atoms. The van der Waals surface area contributed by atoms with Crippen LogP contribution in [0.3, 0.4) is 0 Å². The van der Waals surface area contributed by atoms with Gasteiger partial charge in [-0.3, -0.25) is 0 Å². The quantitative estimate of drug-likeness (QED) is 0.709. The number of sulfone groups is 1. The van der Waals surface area contributed by atoms with Crippen LogP contribution < -0.4 is 0 Å². The molecule has 0 aliphatic rings. The van der Waals surface area contributed by atoms with Crippen molar-refractivity contribution in [2.45, 2.75) is 17.3 Å². The van der Waals surface area contributed by atoms with E-state index in [4.69, 9.17) is 0 Å². The zero-order valence-corrected chi connectivity index (χ0v) is 8.29. The van der Waals surface area contributed by atoms with Crippen LogP contribution in [0.25, 0.3) is 0 Å². The largest absolute Gasteiger partial charge is 0.501 e. The molecule has 1 rings (SSSR count). The molecule has 0 radical (unpaired) electrons. The van der Waals surface area contributed by atoms with Gasteiger partial charge in [-0.05, 0) is 30.7 Å². The maximum atomic E-state index is 12.7. The smallest absolute Gasteiger partial charge is 0.214 e. The van der Waals surface area contributed by atoms with Gasteiger partial charge in [-0.25, -0.2) is 12.8 Å². The molecule has 2 nitrogen and oxygen atoms in total. The predicted molar refractivity (Wildman–Crippen MR) is 44.4 cm³/mol. The summed E-state index contributed by atoms with van der Waals surface area (Å²) in [5.41, 5.74) is -5.30. The van der Waals surface area contributed by atoms with Gasteiger partial charge in [0.2, 0.25) is 0 Å². The lowest BCUT2D eigenvalue weighted by Gasteiger charge is -2.08. The fraction of sp³-hybridized carbons (Fsp3) is 0.250. The Hall–Kier alpha value is -1.11. The first kappa shape index (κ1) is 12.0.